The summed E-state index contributed by atoms with van der Waals surface area (Å²) < 4.78 is 2.00. The van der Waals surface area contributed by atoms with Crippen molar-refractivity contribution in [2.24, 2.45) is 5.73 Å². The first-order chi connectivity index (χ1) is 6.74. The average molecular weight is 210 g/mol. The molecule has 76 valence electrons. The predicted molar refractivity (Wildman–Crippen MR) is 58.2 cm³/mol. The Morgan fingerprint density at radius 2 is 2.36 bits per heavy atom. The van der Waals surface area contributed by atoms with Gasteiger partial charge in [-0.2, -0.15) is 0 Å². The first-order valence-corrected chi connectivity index (χ1v) is 5.38. The summed E-state index contributed by atoms with van der Waals surface area (Å²) in [7, 11) is 0. The van der Waals surface area contributed by atoms with Gasteiger partial charge in [-0.15, -0.1) is 5.10 Å². The lowest BCUT2D eigenvalue weighted by atomic mass is 10.2. The van der Waals surface area contributed by atoms with E-state index in [0.717, 1.165) is 18.5 Å². The zero-order valence-electron chi connectivity index (χ0n) is 8.23. The van der Waals surface area contributed by atoms with E-state index in [1.54, 1.807) is 0 Å². The Morgan fingerprint density at radius 3 is 2.86 bits per heavy atom. The maximum atomic E-state index is 5.59. The van der Waals surface area contributed by atoms with E-state index in [9.17, 15) is 0 Å². The molecule has 1 aromatic heterocycles. The van der Waals surface area contributed by atoms with Crippen molar-refractivity contribution in [3.8, 4) is 0 Å². The SMILES string of the molecule is CCCc1c(C(N)=S)nnn1C1CC1. The molecule has 1 heterocycles. The monoisotopic (exact) mass is 210 g/mol. The maximum Gasteiger partial charge on any atom is 0.143 e. The third-order valence-corrected chi connectivity index (χ3v) is 2.60. The van der Waals surface area contributed by atoms with E-state index in [1.807, 2.05) is 4.68 Å². The van der Waals surface area contributed by atoms with Crippen LogP contribution < -0.4 is 5.73 Å². The molecule has 1 aliphatic carbocycles. The summed E-state index contributed by atoms with van der Waals surface area (Å²) in [5.74, 6) is 0. The molecule has 0 bridgehead atoms. The van der Waals surface area contributed by atoms with E-state index in [0.29, 0.717) is 16.7 Å². The van der Waals surface area contributed by atoms with Crippen molar-refractivity contribution in [1.29, 1.82) is 0 Å². The molecule has 1 aromatic rings. The van der Waals surface area contributed by atoms with Gasteiger partial charge in [0.1, 0.15) is 10.7 Å². The van der Waals surface area contributed by atoms with Crippen LogP contribution in [0.25, 0.3) is 0 Å². The number of aromatic nitrogens is 3. The van der Waals surface area contributed by atoms with Gasteiger partial charge >= 0.3 is 0 Å². The highest BCUT2D eigenvalue weighted by molar-refractivity contribution is 7.80. The summed E-state index contributed by atoms with van der Waals surface area (Å²) in [5.41, 5.74) is 7.42. The molecule has 0 unspecified atom stereocenters. The van der Waals surface area contributed by atoms with Crippen LogP contribution in [-0.4, -0.2) is 20.0 Å². The summed E-state index contributed by atoms with van der Waals surface area (Å²) in [6.07, 6.45) is 4.43. The molecule has 1 saturated carbocycles. The molecule has 2 rings (SSSR count). The molecule has 0 radical (unpaired) electrons. The molecule has 0 amide bonds. The normalized spacial score (nSPS) is 15.8. The van der Waals surface area contributed by atoms with E-state index < -0.39 is 0 Å². The van der Waals surface area contributed by atoms with Gasteiger partial charge in [-0.3, -0.25) is 0 Å². The van der Waals surface area contributed by atoms with Crippen LogP contribution >= 0.6 is 12.2 Å². The highest BCUT2D eigenvalue weighted by atomic mass is 32.1. The first kappa shape index (κ1) is 9.58. The fraction of sp³-hybridized carbons (Fsp3) is 0.667. The van der Waals surface area contributed by atoms with E-state index in [4.69, 9.17) is 18.0 Å². The summed E-state index contributed by atoms with van der Waals surface area (Å²) in [6, 6.07) is 0.548. The Balaban J connectivity index is 2.35. The highest BCUT2D eigenvalue weighted by Crippen LogP contribution is 2.35. The summed E-state index contributed by atoms with van der Waals surface area (Å²) in [4.78, 5) is 0.361. The van der Waals surface area contributed by atoms with Crippen molar-refractivity contribution in [2.75, 3.05) is 0 Å². The number of rotatable bonds is 4. The third-order valence-electron chi connectivity index (χ3n) is 2.40. The van der Waals surface area contributed by atoms with Crippen molar-refractivity contribution in [1.82, 2.24) is 15.0 Å². The Bertz CT molecular complexity index is 354. The highest BCUT2D eigenvalue weighted by Gasteiger charge is 2.28. The smallest absolute Gasteiger partial charge is 0.143 e. The molecule has 0 aliphatic heterocycles. The van der Waals surface area contributed by atoms with E-state index in [1.165, 1.54) is 12.8 Å². The van der Waals surface area contributed by atoms with Gasteiger partial charge in [0.25, 0.3) is 0 Å². The average Bonchev–Trinajstić information content (AvgIpc) is 2.89. The molecular weight excluding hydrogens is 196 g/mol. The van der Waals surface area contributed by atoms with E-state index in [2.05, 4.69) is 17.2 Å². The first-order valence-electron chi connectivity index (χ1n) is 4.98. The molecule has 0 aromatic carbocycles. The molecule has 0 spiro atoms. The zero-order chi connectivity index (χ0) is 10.1. The number of hydrogen-bond donors (Lipinski definition) is 1. The van der Waals surface area contributed by atoms with Crippen LogP contribution in [0.5, 0.6) is 0 Å². The molecular formula is C9H14N4S. The zero-order valence-corrected chi connectivity index (χ0v) is 9.05. The lowest BCUT2D eigenvalue weighted by molar-refractivity contribution is 0.578. The minimum absolute atomic E-state index is 0.361. The van der Waals surface area contributed by atoms with Gasteiger partial charge in [0.05, 0.1) is 11.7 Å². The van der Waals surface area contributed by atoms with Gasteiger partial charge < -0.3 is 5.73 Å². The van der Waals surface area contributed by atoms with Crippen molar-refractivity contribution in [3.63, 3.8) is 0 Å². The van der Waals surface area contributed by atoms with Gasteiger partial charge in [-0.05, 0) is 19.3 Å². The Hall–Kier alpha value is -0.970. The molecule has 4 nitrogen and oxygen atoms in total. The van der Waals surface area contributed by atoms with Gasteiger partial charge in [0, 0.05) is 0 Å². The van der Waals surface area contributed by atoms with Crippen molar-refractivity contribution >= 4 is 17.2 Å². The maximum absolute atomic E-state index is 5.59. The summed E-state index contributed by atoms with van der Waals surface area (Å²) in [5, 5.41) is 8.16. The largest absolute Gasteiger partial charge is 0.388 e. The third kappa shape index (κ3) is 1.64. The van der Waals surface area contributed by atoms with Crippen molar-refractivity contribution < 1.29 is 0 Å². The Labute approximate surface area is 88.5 Å². The van der Waals surface area contributed by atoms with Gasteiger partial charge in [0.2, 0.25) is 0 Å². The van der Waals surface area contributed by atoms with Gasteiger partial charge in [-0.1, -0.05) is 30.8 Å². The summed E-state index contributed by atoms with van der Waals surface area (Å²) in [6.45, 7) is 2.13. The number of nitrogens with zero attached hydrogens (tertiary/aromatic N) is 3. The molecule has 2 N–H and O–H groups in total. The predicted octanol–water partition coefficient (Wildman–Crippen LogP) is 1.20. The second kappa shape index (κ2) is 3.65. The van der Waals surface area contributed by atoms with Crippen molar-refractivity contribution in [3.05, 3.63) is 11.4 Å². The summed E-state index contributed by atoms with van der Waals surface area (Å²) >= 11 is 4.95. The van der Waals surface area contributed by atoms with E-state index in [-0.39, 0.29) is 0 Å². The topological polar surface area (TPSA) is 56.7 Å². The number of hydrogen-bond acceptors (Lipinski definition) is 3. The van der Waals surface area contributed by atoms with Crippen LogP contribution in [0.15, 0.2) is 0 Å². The second-order valence-corrected chi connectivity index (χ2v) is 4.11. The molecule has 14 heavy (non-hydrogen) atoms. The van der Waals surface area contributed by atoms with Gasteiger partial charge in [0.15, 0.2) is 0 Å². The van der Waals surface area contributed by atoms with E-state index >= 15 is 0 Å². The Morgan fingerprint density at radius 1 is 1.64 bits per heavy atom. The molecule has 0 atom stereocenters. The molecule has 1 fully saturated rings. The van der Waals surface area contributed by atoms with Crippen molar-refractivity contribution in [2.45, 2.75) is 38.6 Å². The molecule has 5 heteroatoms. The second-order valence-electron chi connectivity index (χ2n) is 3.67. The quantitative estimate of drug-likeness (QED) is 0.759. The lowest BCUT2D eigenvalue weighted by Gasteiger charge is -2.04. The van der Waals surface area contributed by atoms with Crippen LogP contribution in [0.2, 0.25) is 0 Å². The standard InChI is InChI=1S/C9H14N4S/c1-2-3-7-8(9(10)14)11-12-13(7)6-4-5-6/h6H,2-5H2,1H3,(H2,10,14). The minimum Gasteiger partial charge on any atom is -0.388 e. The van der Waals surface area contributed by atoms with Crippen LogP contribution in [0, 0.1) is 0 Å². The van der Waals surface area contributed by atoms with Gasteiger partial charge in [-0.25, -0.2) is 4.68 Å². The lowest BCUT2D eigenvalue weighted by Crippen LogP contribution is -2.14. The fourth-order valence-electron chi connectivity index (χ4n) is 1.59. The minimum atomic E-state index is 0.361. The molecule has 0 saturated heterocycles. The Kier molecular flexibility index (Phi) is 2.50. The number of thiocarbonyl (C=S) groups is 1. The van der Waals surface area contributed by atoms with Crippen LogP contribution in [-0.2, 0) is 6.42 Å². The molecule has 1 aliphatic rings. The van der Waals surface area contributed by atoms with Crippen LogP contribution in [0.4, 0.5) is 0 Å². The number of nitrogens with two attached hydrogens (primary N) is 1. The van der Waals surface area contributed by atoms with Crippen LogP contribution in [0.1, 0.15) is 43.6 Å². The van der Waals surface area contributed by atoms with Crippen LogP contribution in [0.3, 0.4) is 0 Å². The fourth-order valence-corrected chi connectivity index (χ4v) is 1.75.